The SMILES string of the molecule is CCCn1c(CNCCC(C)(C)C(=O)O)nc2ccccc21. The van der Waals surface area contributed by atoms with Crippen LogP contribution in [0.1, 0.15) is 39.4 Å². The van der Waals surface area contributed by atoms with Crippen LogP contribution < -0.4 is 5.32 Å². The van der Waals surface area contributed by atoms with Crippen LogP contribution >= 0.6 is 0 Å². The number of carboxylic acid groups (broad SMARTS) is 1. The van der Waals surface area contributed by atoms with Crippen LogP contribution in [0.3, 0.4) is 0 Å². The van der Waals surface area contributed by atoms with E-state index in [2.05, 4.69) is 27.9 Å². The second kappa shape index (κ2) is 6.92. The van der Waals surface area contributed by atoms with E-state index >= 15 is 0 Å². The number of aliphatic carboxylic acids is 1. The smallest absolute Gasteiger partial charge is 0.309 e. The fourth-order valence-electron chi connectivity index (χ4n) is 2.44. The molecule has 0 aliphatic heterocycles. The van der Waals surface area contributed by atoms with Gasteiger partial charge in [-0.15, -0.1) is 0 Å². The van der Waals surface area contributed by atoms with E-state index in [0.29, 0.717) is 19.5 Å². The van der Waals surface area contributed by atoms with Crippen molar-refractivity contribution < 1.29 is 9.90 Å². The average molecular weight is 303 g/mol. The molecule has 2 N–H and O–H groups in total. The van der Waals surface area contributed by atoms with Crippen molar-refractivity contribution in [3.63, 3.8) is 0 Å². The maximum absolute atomic E-state index is 11.1. The van der Waals surface area contributed by atoms with Gasteiger partial charge in [0.15, 0.2) is 0 Å². The molecule has 0 amide bonds. The van der Waals surface area contributed by atoms with Crippen LogP contribution in [0.2, 0.25) is 0 Å². The van der Waals surface area contributed by atoms with E-state index in [1.54, 1.807) is 13.8 Å². The number of nitrogens with zero attached hydrogens (tertiary/aromatic N) is 2. The number of imidazole rings is 1. The molecule has 0 aliphatic carbocycles. The molecule has 2 aromatic rings. The number of carbonyl (C=O) groups is 1. The Kier molecular flexibility index (Phi) is 5.19. The maximum Gasteiger partial charge on any atom is 0.309 e. The number of rotatable bonds is 8. The van der Waals surface area contributed by atoms with Gasteiger partial charge in [0.25, 0.3) is 0 Å². The summed E-state index contributed by atoms with van der Waals surface area (Å²) in [6.45, 7) is 7.92. The molecule has 1 heterocycles. The summed E-state index contributed by atoms with van der Waals surface area (Å²) in [4.78, 5) is 15.8. The highest BCUT2D eigenvalue weighted by atomic mass is 16.4. The standard InChI is InChI=1S/C17H25N3O2/c1-4-11-20-14-8-6-5-7-13(14)19-15(20)12-18-10-9-17(2,3)16(21)22/h5-8,18H,4,9-12H2,1-3H3,(H,21,22). The molecule has 0 saturated carbocycles. The fourth-order valence-corrected chi connectivity index (χ4v) is 2.44. The number of hydrogen-bond acceptors (Lipinski definition) is 3. The molecule has 2 rings (SSSR count). The first-order valence-electron chi connectivity index (χ1n) is 7.84. The molecule has 22 heavy (non-hydrogen) atoms. The minimum absolute atomic E-state index is 0.594. The lowest BCUT2D eigenvalue weighted by Gasteiger charge is -2.19. The highest BCUT2D eigenvalue weighted by Gasteiger charge is 2.26. The van der Waals surface area contributed by atoms with E-state index in [1.807, 2.05) is 18.2 Å². The van der Waals surface area contributed by atoms with Gasteiger partial charge in [-0.2, -0.15) is 0 Å². The molecule has 5 nitrogen and oxygen atoms in total. The number of para-hydroxylation sites is 2. The molecule has 0 unspecified atom stereocenters. The van der Waals surface area contributed by atoms with Gasteiger partial charge in [0.1, 0.15) is 5.82 Å². The Hall–Kier alpha value is -1.88. The molecule has 1 aromatic carbocycles. The summed E-state index contributed by atoms with van der Waals surface area (Å²) < 4.78 is 2.24. The Balaban J connectivity index is 2.02. The zero-order chi connectivity index (χ0) is 16.2. The largest absolute Gasteiger partial charge is 0.481 e. The third-order valence-electron chi connectivity index (χ3n) is 3.97. The van der Waals surface area contributed by atoms with Gasteiger partial charge in [-0.1, -0.05) is 19.1 Å². The van der Waals surface area contributed by atoms with E-state index in [4.69, 9.17) is 5.11 Å². The number of nitrogens with one attached hydrogen (secondary N) is 1. The topological polar surface area (TPSA) is 67.2 Å². The van der Waals surface area contributed by atoms with Crippen molar-refractivity contribution in [1.82, 2.24) is 14.9 Å². The average Bonchev–Trinajstić information content (AvgIpc) is 2.82. The minimum atomic E-state index is -0.757. The predicted molar refractivity (Wildman–Crippen MR) is 87.8 cm³/mol. The number of carboxylic acids is 1. The van der Waals surface area contributed by atoms with Gasteiger partial charge in [0.05, 0.1) is 23.0 Å². The summed E-state index contributed by atoms with van der Waals surface area (Å²) in [5.41, 5.74) is 1.47. The maximum atomic E-state index is 11.1. The molecule has 5 heteroatoms. The molecule has 0 aliphatic rings. The van der Waals surface area contributed by atoms with Crippen LogP contribution in [-0.2, 0) is 17.9 Å². The van der Waals surface area contributed by atoms with Crippen LogP contribution in [0.15, 0.2) is 24.3 Å². The molecular weight excluding hydrogens is 278 g/mol. The summed E-state index contributed by atoms with van der Waals surface area (Å²) in [6.07, 6.45) is 1.65. The van der Waals surface area contributed by atoms with Gasteiger partial charge in [0.2, 0.25) is 0 Å². The molecule has 0 saturated heterocycles. The molecule has 0 bridgehead atoms. The van der Waals surface area contributed by atoms with Gasteiger partial charge in [-0.25, -0.2) is 4.98 Å². The van der Waals surface area contributed by atoms with Gasteiger partial charge in [-0.05, 0) is 45.4 Å². The summed E-state index contributed by atoms with van der Waals surface area (Å²) in [5, 5.41) is 12.4. The first kappa shape index (κ1) is 16.5. The fraction of sp³-hybridized carbons (Fsp3) is 0.529. The Bertz CT molecular complexity index is 646. The van der Waals surface area contributed by atoms with Gasteiger partial charge >= 0.3 is 5.97 Å². The van der Waals surface area contributed by atoms with Crippen LogP contribution in [0, 0.1) is 5.41 Å². The summed E-state index contributed by atoms with van der Waals surface area (Å²) in [6, 6.07) is 8.15. The normalized spacial score (nSPS) is 12.0. The monoisotopic (exact) mass is 303 g/mol. The van der Waals surface area contributed by atoms with Crippen molar-refractivity contribution in [1.29, 1.82) is 0 Å². The Morgan fingerprint density at radius 3 is 2.77 bits per heavy atom. The lowest BCUT2D eigenvalue weighted by Crippen LogP contribution is -2.29. The molecule has 120 valence electrons. The van der Waals surface area contributed by atoms with Crippen LogP contribution in [0.4, 0.5) is 0 Å². The predicted octanol–water partition coefficient (Wildman–Crippen LogP) is 3.04. The zero-order valence-electron chi connectivity index (χ0n) is 13.6. The summed E-state index contributed by atoms with van der Waals surface area (Å²) in [7, 11) is 0. The summed E-state index contributed by atoms with van der Waals surface area (Å²) >= 11 is 0. The minimum Gasteiger partial charge on any atom is -0.481 e. The Labute approximate surface area is 131 Å². The number of fused-ring (bicyclic) bond motifs is 1. The second-order valence-corrected chi connectivity index (χ2v) is 6.28. The summed E-state index contributed by atoms with van der Waals surface area (Å²) in [5.74, 6) is 0.253. The molecule has 0 fully saturated rings. The van der Waals surface area contributed by atoms with Crippen molar-refractivity contribution in [2.24, 2.45) is 5.41 Å². The Morgan fingerprint density at radius 2 is 2.09 bits per heavy atom. The molecule has 0 radical (unpaired) electrons. The van der Waals surface area contributed by atoms with Crippen molar-refractivity contribution in [3.8, 4) is 0 Å². The van der Waals surface area contributed by atoms with E-state index in [9.17, 15) is 4.79 Å². The van der Waals surface area contributed by atoms with E-state index in [0.717, 1.165) is 29.8 Å². The second-order valence-electron chi connectivity index (χ2n) is 6.28. The van der Waals surface area contributed by atoms with Crippen LogP contribution in [0.5, 0.6) is 0 Å². The molecule has 1 aromatic heterocycles. The van der Waals surface area contributed by atoms with E-state index in [1.165, 1.54) is 0 Å². The lowest BCUT2D eigenvalue weighted by atomic mass is 9.90. The van der Waals surface area contributed by atoms with Crippen molar-refractivity contribution in [3.05, 3.63) is 30.1 Å². The number of aromatic nitrogens is 2. The first-order chi connectivity index (χ1) is 10.5. The van der Waals surface area contributed by atoms with Crippen LogP contribution in [-0.4, -0.2) is 27.2 Å². The Morgan fingerprint density at radius 1 is 1.36 bits per heavy atom. The molecule has 0 atom stereocenters. The quantitative estimate of drug-likeness (QED) is 0.736. The van der Waals surface area contributed by atoms with Gasteiger partial charge < -0.3 is 15.0 Å². The molecular formula is C17H25N3O2. The van der Waals surface area contributed by atoms with Crippen LogP contribution in [0.25, 0.3) is 11.0 Å². The highest BCUT2D eigenvalue weighted by molar-refractivity contribution is 5.76. The van der Waals surface area contributed by atoms with E-state index in [-0.39, 0.29) is 0 Å². The van der Waals surface area contributed by atoms with Crippen molar-refractivity contribution in [2.45, 2.75) is 46.7 Å². The number of aryl methyl sites for hydroxylation is 1. The highest BCUT2D eigenvalue weighted by Crippen LogP contribution is 2.20. The zero-order valence-corrected chi connectivity index (χ0v) is 13.6. The third kappa shape index (κ3) is 3.65. The van der Waals surface area contributed by atoms with Crippen molar-refractivity contribution in [2.75, 3.05) is 6.54 Å². The number of hydrogen-bond donors (Lipinski definition) is 2. The molecule has 0 spiro atoms. The lowest BCUT2D eigenvalue weighted by molar-refractivity contribution is -0.147. The number of benzene rings is 1. The third-order valence-corrected chi connectivity index (χ3v) is 3.97. The van der Waals surface area contributed by atoms with Crippen molar-refractivity contribution >= 4 is 17.0 Å². The first-order valence-corrected chi connectivity index (χ1v) is 7.84. The van der Waals surface area contributed by atoms with Gasteiger partial charge in [-0.3, -0.25) is 4.79 Å². The van der Waals surface area contributed by atoms with E-state index < -0.39 is 11.4 Å². The van der Waals surface area contributed by atoms with Gasteiger partial charge in [0, 0.05) is 6.54 Å².